The first kappa shape index (κ1) is 16.5. The number of thiazole rings is 1. The Morgan fingerprint density at radius 2 is 1.83 bits per heavy atom. The van der Waals surface area contributed by atoms with Crippen LogP contribution in [0.25, 0.3) is 14.9 Å². The van der Waals surface area contributed by atoms with Crippen molar-refractivity contribution in [3.05, 3.63) is 47.2 Å². The van der Waals surface area contributed by atoms with Gasteiger partial charge in [-0.3, -0.25) is 0 Å². The lowest BCUT2D eigenvalue weighted by atomic mass is 10.3. The van der Waals surface area contributed by atoms with Crippen LogP contribution in [-0.2, 0) is 10.0 Å². The van der Waals surface area contributed by atoms with E-state index in [0.717, 1.165) is 10.4 Å². The van der Waals surface area contributed by atoms with Crippen molar-refractivity contribution in [3.8, 4) is 11.5 Å². The molecule has 3 rings (SSSR count). The molecule has 0 bridgehead atoms. The summed E-state index contributed by atoms with van der Waals surface area (Å²) in [5.41, 5.74) is 0.687. The van der Waals surface area contributed by atoms with E-state index in [9.17, 15) is 8.42 Å². The molecule has 3 aromatic rings. The molecule has 0 amide bonds. The topological polar surface area (TPSA) is 79.6 Å². The second-order valence-corrected chi connectivity index (χ2v) is 7.41. The minimum absolute atomic E-state index is 0.0950. The Labute approximate surface area is 144 Å². The van der Waals surface area contributed by atoms with E-state index in [-0.39, 0.29) is 10.0 Å². The molecular formula is C16H15N2O4S2-. The summed E-state index contributed by atoms with van der Waals surface area (Å²) in [6.45, 7) is 2.46. The van der Waals surface area contributed by atoms with Crippen LogP contribution in [0.1, 0.15) is 6.92 Å². The predicted octanol–water partition coefficient (Wildman–Crippen LogP) is 4.10. The van der Waals surface area contributed by atoms with Crippen LogP contribution in [0, 0.1) is 0 Å². The quantitative estimate of drug-likeness (QED) is 0.659. The molecule has 0 aliphatic carbocycles. The molecule has 126 valence electrons. The lowest BCUT2D eigenvalue weighted by molar-refractivity contribution is 0.341. The molecule has 0 atom stereocenters. The van der Waals surface area contributed by atoms with Gasteiger partial charge in [-0.15, -0.1) is 11.3 Å². The largest absolute Gasteiger partial charge is 0.497 e. The average Bonchev–Trinajstić information content (AvgIpc) is 2.96. The minimum Gasteiger partial charge on any atom is -0.497 e. The summed E-state index contributed by atoms with van der Waals surface area (Å²) in [7, 11) is -2.30. The number of methoxy groups -OCH3 is 1. The third-order valence-corrected chi connectivity index (χ3v) is 5.52. The Hall–Kier alpha value is -2.32. The summed E-state index contributed by atoms with van der Waals surface area (Å²) in [6, 6.07) is 11.5. The van der Waals surface area contributed by atoms with Gasteiger partial charge in [0, 0.05) is 9.83 Å². The number of fused-ring (bicyclic) bond motifs is 1. The van der Waals surface area contributed by atoms with Crippen LogP contribution in [0.15, 0.2) is 47.4 Å². The van der Waals surface area contributed by atoms with Gasteiger partial charge in [0.15, 0.2) is 0 Å². The zero-order valence-corrected chi connectivity index (χ0v) is 14.7. The Morgan fingerprint density at radius 3 is 2.50 bits per heavy atom. The fourth-order valence-electron chi connectivity index (χ4n) is 2.09. The number of nitrogens with zero attached hydrogens (tertiary/aromatic N) is 2. The van der Waals surface area contributed by atoms with Gasteiger partial charge in [-0.1, -0.05) is 6.07 Å². The van der Waals surface area contributed by atoms with E-state index in [4.69, 9.17) is 9.47 Å². The molecule has 6 nitrogen and oxygen atoms in total. The van der Waals surface area contributed by atoms with Gasteiger partial charge in [0.1, 0.15) is 11.5 Å². The van der Waals surface area contributed by atoms with Gasteiger partial charge >= 0.3 is 0 Å². The Morgan fingerprint density at radius 1 is 1.12 bits per heavy atom. The molecule has 0 saturated carbocycles. The molecule has 24 heavy (non-hydrogen) atoms. The van der Waals surface area contributed by atoms with Gasteiger partial charge in [-0.05, 0) is 48.8 Å². The molecule has 0 radical (unpaired) electrons. The molecule has 2 aromatic carbocycles. The van der Waals surface area contributed by atoms with Gasteiger partial charge in [-0.25, -0.2) is 8.42 Å². The van der Waals surface area contributed by atoms with Crippen molar-refractivity contribution in [1.29, 1.82) is 0 Å². The number of hydrogen-bond donors (Lipinski definition) is 0. The smallest absolute Gasteiger partial charge is 0.202 e. The van der Waals surface area contributed by atoms with Crippen LogP contribution in [0.3, 0.4) is 0 Å². The van der Waals surface area contributed by atoms with Crippen LogP contribution in [0.2, 0.25) is 0 Å². The fraction of sp³-hybridized carbons (Fsp3) is 0.188. The number of sulfonamides is 1. The molecule has 8 heteroatoms. The summed E-state index contributed by atoms with van der Waals surface area (Å²) in [6.07, 6.45) is 0. The van der Waals surface area contributed by atoms with Crippen molar-refractivity contribution in [3.63, 3.8) is 0 Å². The lowest BCUT2D eigenvalue weighted by Gasteiger charge is -2.12. The lowest BCUT2D eigenvalue weighted by Crippen LogP contribution is -1.97. The number of aromatic nitrogens is 1. The van der Waals surface area contributed by atoms with E-state index < -0.39 is 10.0 Å². The zero-order chi connectivity index (χ0) is 17.2. The maximum Gasteiger partial charge on any atom is 0.202 e. The summed E-state index contributed by atoms with van der Waals surface area (Å²) >= 11 is 1.20. The van der Waals surface area contributed by atoms with Crippen molar-refractivity contribution < 1.29 is 17.9 Å². The van der Waals surface area contributed by atoms with Crippen molar-refractivity contribution in [2.45, 2.75) is 11.8 Å². The van der Waals surface area contributed by atoms with E-state index in [1.54, 1.807) is 24.3 Å². The molecule has 0 spiro atoms. The Kier molecular flexibility index (Phi) is 4.59. The number of ether oxygens (including phenoxy) is 2. The standard InChI is InChI=1S/C16H15N2O4S2/c1-3-22-12-6-9-14-15(10-12)23-16(17-14)18-24(19,20)13-7-4-11(21-2)5-8-13/h4-10H,3H2,1-2H3/q-1. The molecular weight excluding hydrogens is 348 g/mol. The molecule has 0 fully saturated rings. The first-order valence-corrected chi connectivity index (χ1v) is 9.43. The van der Waals surface area contributed by atoms with Gasteiger partial charge in [-0.2, -0.15) is 0 Å². The van der Waals surface area contributed by atoms with Crippen LogP contribution in [-0.4, -0.2) is 27.1 Å². The van der Waals surface area contributed by atoms with Crippen molar-refractivity contribution in [2.24, 2.45) is 0 Å². The molecule has 0 unspecified atom stereocenters. The summed E-state index contributed by atoms with van der Waals surface area (Å²) < 4.78 is 39.9. The van der Waals surface area contributed by atoms with Gasteiger partial charge in [0.2, 0.25) is 10.0 Å². The van der Waals surface area contributed by atoms with Crippen molar-refractivity contribution in [1.82, 2.24) is 4.98 Å². The van der Waals surface area contributed by atoms with E-state index in [1.165, 1.54) is 30.6 Å². The first-order valence-electron chi connectivity index (χ1n) is 7.17. The summed E-state index contributed by atoms with van der Waals surface area (Å²) in [4.78, 5) is 4.35. The zero-order valence-electron chi connectivity index (χ0n) is 13.1. The predicted molar refractivity (Wildman–Crippen MR) is 94.0 cm³/mol. The van der Waals surface area contributed by atoms with E-state index in [1.807, 2.05) is 13.0 Å². The third kappa shape index (κ3) is 3.44. The molecule has 1 heterocycles. The molecule has 0 aliphatic rings. The molecule has 1 aromatic heterocycles. The highest BCUT2D eigenvalue weighted by Gasteiger charge is 2.11. The molecule has 0 saturated heterocycles. The highest BCUT2D eigenvalue weighted by molar-refractivity contribution is 7.94. The van der Waals surface area contributed by atoms with Gasteiger partial charge in [0.25, 0.3) is 0 Å². The molecule has 0 aliphatic heterocycles. The van der Waals surface area contributed by atoms with Gasteiger partial charge < -0.3 is 19.2 Å². The van der Waals surface area contributed by atoms with Crippen LogP contribution in [0.5, 0.6) is 11.5 Å². The maximum absolute atomic E-state index is 12.4. The summed E-state index contributed by atoms with van der Waals surface area (Å²) in [5, 5.41) is 0.189. The maximum atomic E-state index is 12.4. The monoisotopic (exact) mass is 363 g/mol. The second-order valence-electron chi connectivity index (χ2n) is 4.80. The Bertz CT molecular complexity index is 950. The van der Waals surface area contributed by atoms with Crippen LogP contribution in [0.4, 0.5) is 5.13 Å². The van der Waals surface area contributed by atoms with E-state index in [0.29, 0.717) is 17.9 Å². The summed E-state index contributed by atoms with van der Waals surface area (Å²) in [5.74, 6) is 1.30. The highest BCUT2D eigenvalue weighted by atomic mass is 32.2. The number of hydrogen-bond acceptors (Lipinski definition) is 6. The van der Waals surface area contributed by atoms with E-state index >= 15 is 0 Å². The average molecular weight is 363 g/mol. The van der Waals surface area contributed by atoms with E-state index in [2.05, 4.69) is 9.71 Å². The third-order valence-electron chi connectivity index (χ3n) is 3.22. The fourth-order valence-corrected chi connectivity index (χ4v) is 4.10. The Balaban J connectivity index is 1.87. The highest BCUT2D eigenvalue weighted by Crippen LogP contribution is 2.36. The number of rotatable bonds is 6. The first-order chi connectivity index (χ1) is 11.5. The minimum atomic E-state index is -3.82. The van der Waals surface area contributed by atoms with Crippen molar-refractivity contribution >= 4 is 36.7 Å². The number of benzene rings is 2. The molecule has 0 N–H and O–H groups in total. The second kappa shape index (κ2) is 6.66. The SMILES string of the molecule is CCOc1ccc2nc([N-]S(=O)(=O)c3ccc(OC)cc3)sc2c1. The van der Waals surface area contributed by atoms with Crippen LogP contribution >= 0.6 is 11.3 Å². The van der Waals surface area contributed by atoms with Crippen LogP contribution < -0.4 is 9.47 Å². The normalized spacial score (nSPS) is 11.4. The van der Waals surface area contributed by atoms with Gasteiger partial charge in [0.05, 0.1) is 18.6 Å². The van der Waals surface area contributed by atoms with Crippen molar-refractivity contribution in [2.75, 3.05) is 13.7 Å².